The summed E-state index contributed by atoms with van der Waals surface area (Å²) in [5.74, 6) is 1.44. The number of Topliss-reactive ketones (excluding diaryl/α,β-unsaturated/α-hetero) is 1. The van der Waals surface area contributed by atoms with Crippen LogP contribution < -0.4 is 19.5 Å². The summed E-state index contributed by atoms with van der Waals surface area (Å²) in [5.41, 5.74) is 4.95. The second kappa shape index (κ2) is 10.4. The van der Waals surface area contributed by atoms with Crippen LogP contribution in [-0.4, -0.2) is 33.0 Å². The van der Waals surface area contributed by atoms with Gasteiger partial charge in [-0.3, -0.25) is 9.59 Å². The van der Waals surface area contributed by atoms with Crippen molar-refractivity contribution in [2.75, 3.05) is 26.6 Å². The maximum absolute atomic E-state index is 12.8. The van der Waals surface area contributed by atoms with Gasteiger partial charge in [-0.05, 0) is 55.3 Å². The van der Waals surface area contributed by atoms with Crippen LogP contribution >= 0.6 is 0 Å². The van der Waals surface area contributed by atoms with Crippen molar-refractivity contribution in [2.45, 2.75) is 13.8 Å². The number of carbonyl (C=O) groups excluding carboxylic acids is 2. The molecule has 0 atom stereocenters. The van der Waals surface area contributed by atoms with Crippen LogP contribution in [0.15, 0.2) is 71.4 Å². The van der Waals surface area contributed by atoms with E-state index in [0.29, 0.717) is 39.7 Å². The van der Waals surface area contributed by atoms with Crippen LogP contribution in [0, 0.1) is 0 Å². The van der Waals surface area contributed by atoms with Crippen molar-refractivity contribution in [1.82, 2.24) is 0 Å². The van der Waals surface area contributed by atoms with Gasteiger partial charge in [0.2, 0.25) is 5.91 Å². The number of fused-ring (bicyclic) bond motifs is 1. The third-order valence-corrected chi connectivity index (χ3v) is 5.90. The standard InChI is InChI=1S/C29H27NO6/c1-17(11-29(32)30-21-8-6-7-19(12-21)18(2)31)22-14-23-24(16-36-27(23)15-26(22)34-4)20-9-10-25(33-3)28(13-20)35-5/h6-16H,1-5H3,(H,30,32)/b17-11+. The average molecular weight is 486 g/mol. The molecule has 7 heteroatoms. The number of furan rings is 1. The van der Waals surface area contributed by atoms with E-state index in [1.165, 1.54) is 13.0 Å². The summed E-state index contributed by atoms with van der Waals surface area (Å²) in [6, 6.07) is 16.2. The lowest BCUT2D eigenvalue weighted by molar-refractivity contribution is -0.111. The monoisotopic (exact) mass is 485 g/mol. The van der Waals surface area contributed by atoms with Gasteiger partial charge < -0.3 is 23.9 Å². The van der Waals surface area contributed by atoms with Crippen LogP contribution in [0.25, 0.3) is 27.7 Å². The van der Waals surface area contributed by atoms with E-state index >= 15 is 0 Å². The molecule has 184 valence electrons. The molecule has 4 rings (SSSR count). The summed E-state index contributed by atoms with van der Waals surface area (Å²) in [6.07, 6.45) is 3.18. The van der Waals surface area contributed by atoms with E-state index in [1.54, 1.807) is 57.9 Å². The van der Waals surface area contributed by atoms with Gasteiger partial charge in [0.15, 0.2) is 17.3 Å². The first-order chi connectivity index (χ1) is 17.3. The van der Waals surface area contributed by atoms with Crippen molar-refractivity contribution in [3.05, 3.63) is 78.1 Å². The normalized spacial score (nSPS) is 11.3. The number of ketones is 1. The summed E-state index contributed by atoms with van der Waals surface area (Å²) in [7, 11) is 4.76. The molecule has 0 saturated carbocycles. The van der Waals surface area contributed by atoms with Crippen molar-refractivity contribution in [3.63, 3.8) is 0 Å². The Morgan fingerprint density at radius 3 is 2.31 bits per heavy atom. The first-order valence-electron chi connectivity index (χ1n) is 11.3. The molecule has 0 bridgehead atoms. The Morgan fingerprint density at radius 2 is 1.61 bits per heavy atom. The SMILES string of the molecule is COc1ccc(-c2coc3cc(OC)c(/C(C)=C/C(=O)Nc4cccc(C(C)=O)c4)cc23)cc1OC. The minimum Gasteiger partial charge on any atom is -0.496 e. The zero-order valence-corrected chi connectivity index (χ0v) is 20.8. The molecule has 0 aliphatic rings. The Labute approximate surface area is 209 Å². The Bertz CT molecular complexity index is 1480. The second-order valence-electron chi connectivity index (χ2n) is 8.22. The Kier molecular flexibility index (Phi) is 7.10. The van der Waals surface area contributed by atoms with Crippen molar-refractivity contribution >= 4 is 33.9 Å². The van der Waals surface area contributed by atoms with Crippen LogP contribution in [-0.2, 0) is 4.79 Å². The molecule has 4 aromatic rings. The molecular weight excluding hydrogens is 458 g/mol. The number of hydrogen-bond acceptors (Lipinski definition) is 6. The number of hydrogen-bond donors (Lipinski definition) is 1. The number of benzene rings is 3. The lowest BCUT2D eigenvalue weighted by Gasteiger charge is -2.11. The number of nitrogens with one attached hydrogen (secondary N) is 1. The molecule has 0 aliphatic carbocycles. The highest BCUT2D eigenvalue weighted by Gasteiger charge is 2.16. The number of carbonyl (C=O) groups is 2. The van der Waals surface area contributed by atoms with Gasteiger partial charge in [0.1, 0.15) is 11.3 Å². The summed E-state index contributed by atoms with van der Waals surface area (Å²) >= 11 is 0. The van der Waals surface area contributed by atoms with Gasteiger partial charge in [0.25, 0.3) is 0 Å². The number of anilines is 1. The minimum atomic E-state index is -0.317. The molecule has 1 amide bonds. The van der Waals surface area contributed by atoms with Crippen molar-refractivity contribution in [2.24, 2.45) is 0 Å². The summed E-state index contributed by atoms with van der Waals surface area (Å²) < 4.78 is 22.2. The fourth-order valence-electron chi connectivity index (χ4n) is 4.03. The fraction of sp³-hybridized carbons (Fsp3) is 0.172. The highest BCUT2D eigenvalue weighted by Crippen LogP contribution is 2.39. The third-order valence-electron chi connectivity index (χ3n) is 5.90. The zero-order chi connectivity index (χ0) is 25.8. The number of allylic oxidation sites excluding steroid dienone is 1. The number of methoxy groups -OCH3 is 3. The highest BCUT2D eigenvalue weighted by molar-refractivity contribution is 6.06. The van der Waals surface area contributed by atoms with E-state index in [9.17, 15) is 9.59 Å². The third kappa shape index (κ3) is 4.95. The highest BCUT2D eigenvalue weighted by atomic mass is 16.5. The van der Waals surface area contributed by atoms with Gasteiger partial charge in [-0.15, -0.1) is 0 Å². The van der Waals surface area contributed by atoms with Crippen LogP contribution in [0.4, 0.5) is 5.69 Å². The molecule has 1 heterocycles. The van der Waals surface area contributed by atoms with Gasteiger partial charge in [-0.1, -0.05) is 18.2 Å². The van der Waals surface area contributed by atoms with E-state index < -0.39 is 0 Å². The number of amides is 1. The Hall–Kier alpha value is -4.52. The van der Waals surface area contributed by atoms with Crippen LogP contribution in [0.3, 0.4) is 0 Å². The molecule has 1 N–H and O–H groups in total. The van der Waals surface area contributed by atoms with Crippen molar-refractivity contribution in [3.8, 4) is 28.4 Å². The minimum absolute atomic E-state index is 0.0683. The van der Waals surface area contributed by atoms with Gasteiger partial charge in [0.05, 0.1) is 27.6 Å². The molecule has 3 aromatic carbocycles. The molecule has 7 nitrogen and oxygen atoms in total. The maximum atomic E-state index is 12.8. The average Bonchev–Trinajstić information content (AvgIpc) is 3.30. The lowest BCUT2D eigenvalue weighted by Crippen LogP contribution is -2.09. The van der Waals surface area contributed by atoms with Gasteiger partial charge in [-0.25, -0.2) is 0 Å². The fourth-order valence-corrected chi connectivity index (χ4v) is 4.03. The molecule has 0 aliphatic heterocycles. The first-order valence-corrected chi connectivity index (χ1v) is 11.3. The zero-order valence-electron chi connectivity index (χ0n) is 20.8. The van der Waals surface area contributed by atoms with E-state index in [0.717, 1.165) is 22.1 Å². The molecule has 36 heavy (non-hydrogen) atoms. The molecule has 0 radical (unpaired) electrons. The Balaban J connectivity index is 1.70. The quantitative estimate of drug-likeness (QED) is 0.230. The lowest BCUT2D eigenvalue weighted by atomic mass is 9.99. The van der Waals surface area contributed by atoms with Gasteiger partial charge in [-0.2, -0.15) is 0 Å². The maximum Gasteiger partial charge on any atom is 0.248 e. The smallest absolute Gasteiger partial charge is 0.248 e. The van der Waals surface area contributed by atoms with Crippen molar-refractivity contribution < 1.29 is 28.2 Å². The molecule has 1 aromatic heterocycles. The molecular formula is C29H27NO6. The van der Waals surface area contributed by atoms with E-state index in [2.05, 4.69) is 5.32 Å². The van der Waals surface area contributed by atoms with E-state index in [4.69, 9.17) is 18.6 Å². The topological polar surface area (TPSA) is 87.0 Å². The van der Waals surface area contributed by atoms with Crippen LogP contribution in [0.1, 0.15) is 29.8 Å². The van der Waals surface area contributed by atoms with Crippen LogP contribution in [0.5, 0.6) is 17.2 Å². The second-order valence-corrected chi connectivity index (χ2v) is 8.22. The van der Waals surface area contributed by atoms with Gasteiger partial charge >= 0.3 is 0 Å². The first kappa shape index (κ1) is 24.6. The largest absolute Gasteiger partial charge is 0.496 e. The van der Waals surface area contributed by atoms with E-state index in [-0.39, 0.29) is 11.7 Å². The molecule has 0 saturated heterocycles. The van der Waals surface area contributed by atoms with E-state index in [1.807, 2.05) is 31.2 Å². The summed E-state index contributed by atoms with van der Waals surface area (Å²) in [6.45, 7) is 3.32. The van der Waals surface area contributed by atoms with Crippen LogP contribution in [0.2, 0.25) is 0 Å². The predicted molar refractivity (Wildman–Crippen MR) is 140 cm³/mol. The molecule has 0 spiro atoms. The molecule has 0 unspecified atom stereocenters. The van der Waals surface area contributed by atoms with Crippen molar-refractivity contribution in [1.29, 1.82) is 0 Å². The number of rotatable bonds is 8. The summed E-state index contributed by atoms with van der Waals surface area (Å²) in [4.78, 5) is 24.4. The molecule has 0 fully saturated rings. The van der Waals surface area contributed by atoms with Gasteiger partial charge in [0, 0.05) is 39.9 Å². The summed E-state index contributed by atoms with van der Waals surface area (Å²) in [5, 5.41) is 3.68. The Morgan fingerprint density at radius 1 is 0.861 bits per heavy atom. The predicted octanol–water partition coefficient (Wildman–Crippen LogP) is 6.37. The number of ether oxygens (including phenoxy) is 3.